The molecule has 2 rings (SSSR count). The van der Waals surface area contributed by atoms with E-state index in [1.165, 1.54) is 6.07 Å². The van der Waals surface area contributed by atoms with Gasteiger partial charge in [0.2, 0.25) is 0 Å². The van der Waals surface area contributed by atoms with Crippen LogP contribution >= 0.6 is 0 Å². The minimum Gasteiger partial charge on any atom is -0.481 e. The van der Waals surface area contributed by atoms with Gasteiger partial charge >= 0.3 is 30.3 Å². The predicted octanol–water partition coefficient (Wildman–Crippen LogP) is 0.242. The van der Waals surface area contributed by atoms with Crippen molar-refractivity contribution >= 4 is 29.6 Å². The molecule has 134 valence electrons. The van der Waals surface area contributed by atoms with Crippen LogP contribution in [-0.4, -0.2) is 40.5 Å². The molecule has 0 amide bonds. The normalized spacial score (nSPS) is 12.0. The lowest BCUT2D eigenvalue weighted by Crippen LogP contribution is -2.33. The Hall–Kier alpha value is -3.34. The molecular formula is C14H13NO10. The molecule has 0 saturated carbocycles. The van der Waals surface area contributed by atoms with Crippen molar-refractivity contribution in [2.75, 3.05) is 5.32 Å². The molecule has 0 fully saturated rings. The van der Waals surface area contributed by atoms with Gasteiger partial charge in [0, 0.05) is 17.3 Å². The largest absolute Gasteiger partial charge is 0.481 e. The first-order valence-corrected chi connectivity index (χ1v) is 6.85. The van der Waals surface area contributed by atoms with Gasteiger partial charge in [-0.2, -0.15) is 4.89 Å². The molecule has 1 aromatic carbocycles. The van der Waals surface area contributed by atoms with Crippen molar-refractivity contribution in [2.45, 2.75) is 25.9 Å². The molecule has 0 aromatic heterocycles. The Bertz CT molecular complexity index is 671. The van der Waals surface area contributed by atoms with Gasteiger partial charge in [-0.05, 0) is 6.07 Å². The number of carboxylic acid groups (broad SMARTS) is 2. The van der Waals surface area contributed by atoms with Crippen molar-refractivity contribution in [2.24, 2.45) is 0 Å². The van der Waals surface area contributed by atoms with Gasteiger partial charge in [0.05, 0.1) is 0 Å². The maximum absolute atomic E-state index is 11.4. The zero-order valence-electron chi connectivity index (χ0n) is 12.6. The second-order valence-electron chi connectivity index (χ2n) is 4.77. The fraction of sp³-hybridized carbons (Fsp3) is 0.286. The molecule has 3 N–H and O–H groups in total. The van der Waals surface area contributed by atoms with E-state index in [-0.39, 0.29) is 6.61 Å². The van der Waals surface area contributed by atoms with E-state index in [2.05, 4.69) is 5.32 Å². The fourth-order valence-corrected chi connectivity index (χ4v) is 1.79. The lowest BCUT2D eigenvalue weighted by molar-refractivity contribution is -0.194. The van der Waals surface area contributed by atoms with Gasteiger partial charge in [-0.3, -0.25) is 19.2 Å². The van der Waals surface area contributed by atoms with Gasteiger partial charge in [-0.1, -0.05) is 6.07 Å². The number of benzene rings is 1. The van der Waals surface area contributed by atoms with Crippen molar-refractivity contribution in [3.63, 3.8) is 0 Å². The van der Waals surface area contributed by atoms with Crippen LogP contribution in [0.4, 0.5) is 5.69 Å². The van der Waals surface area contributed by atoms with E-state index in [0.29, 0.717) is 11.4 Å². The van der Waals surface area contributed by atoms with E-state index in [0.717, 1.165) is 5.56 Å². The van der Waals surface area contributed by atoms with Crippen molar-refractivity contribution in [1.29, 1.82) is 0 Å². The molecule has 0 aliphatic carbocycles. The molecule has 11 nitrogen and oxygen atoms in total. The highest BCUT2D eigenvalue weighted by Crippen LogP contribution is 2.29. The standard InChI is InChI=1S/C14H13NO10/c16-10(17)4-12(20)23-14(24-13(21)5-11(18)19)15-8-2-1-7-6-22-25-9(7)3-8/h1-3,14-15H,4-6H2,(H,16,17)(H,18,19). The molecular weight excluding hydrogens is 342 g/mol. The molecule has 0 bridgehead atoms. The smallest absolute Gasteiger partial charge is 0.329 e. The second-order valence-corrected chi connectivity index (χ2v) is 4.77. The van der Waals surface area contributed by atoms with Crippen LogP contribution in [0.25, 0.3) is 0 Å². The number of rotatable bonds is 8. The van der Waals surface area contributed by atoms with E-state index in [1.807, 2.05) is 0 Å². The zero-order chi connectivity index (χ0) is 18.4. The van der Waals surface area contributed by atoms with Crippen molar-refractivity contribution in [3.8, 4) is 5.75 Å². The lowest BCUT2D eigenvalue weighted by Gasteiger charge is -2.19. The Morgan fingerprint density at radius 3 is 2.24 bits per heavy atom. The van der Waals surface area contributed by atoms with Crippen molar-refractivity contribution in [3.05, 3.63) is 23.8 Å². The topological polar surface area (TPSA) is 158 Å². The molecule has 1 aromatic rings. The molecule has 0 atom stereocenters. The number of esters is 2. The molecule has 1 aliphatic heterocycles. The second kappa shape index (κ2) is 7.97. The first kappa shape index (κ1) is 18.0. The molecule has 0 unspecified atom stereocenters. The third kappa shape index (κ3) is 5.66. The van der Waals surface area contributed by atoms with Crippen LogP contribution in [0.1, 0.15) is 18.4 Å². The molecule has 1 heterocycles. The third-order valence-corrected chi connectivity index (χ3v) is 2.78. The van der Waals surface area contributed by atoms with E-state index in [1.54, 1.807) is 12.1 Å². The van der Waals surface area contributed by atoms with E-state index in [4.69, 9.17) is 29.5 Å². The van der Waals surface area contributed by atoms with Crippen molar-refractivity contribution < 1.29 is 48.6 Å². The molecule has 0 spiro atoms. The summed E-state index contributed by atoms with van der Waals surface area (Å²) in [5, 5.41) is 19.6. The van der Waals surface area contributed by atoms with E-state index >= 15 is 0 Å². The molecule has 25 heavy (non-hydrogen) atoms. The predicted molar refractivity (Wildman–Crippen MR) is 76.0 cm³/mol. The maximum atomic E-state index is 11.4. The van der Waals surface area contributed by atoms with Gasteiger partial charge < -0.3 is 29.9 Å². The monoisotopic (exact) mass is 355 g/mol. The average Bonchev–Trinajstić information content (AvgIpc) is 2.92. The summed E-state index contributed by atoms with van der Waals surface area (Å²) in [5.41, 5.74) is 1.05. The SMILES string of the molecule is O=C(O)CC(=O)OC(Nc1ccc2c(c1)OOC2)OC(=O)CC(=O)O. The highest BCUT2D eigenvalue weighted by atomic mass is 17.2. The number of carbonyl (C=O) groups is 4. The van der Waals surface area contributed by atoms with E-state index in [9.17, 15) is 19.2 Å². The Morgan fingerprint density at radius 2 is 1.68 bits per heavy atom. The Kier molecular flexibility index (Phi) is 5.74. The number of fused-ring (bicyclic) bond motifs is 1. The van der Waals surface area contributed by atoms with Gasteiger partial charge in [0.25, 0.3) is 0 Å². The highest BCUT2D eigenvalue weighted by Gasteiger charge is 2.23. The molecule has 1 aliphatic rings. The summed E-state index contributed by atoms with van der Waals surface area (Å²) < 4.78 is 9.40. The number of nitrogens with one attached hydrogen (secondary N) is 1. The van der Waals surface area contributed by atoms with Gasteiger partial charge in [-0.25, -0.2) is 0 Å². The summed E-state index contributed by atoms with van der Waals surface area (Å²) in [6.07, 6.45) is -3.65. The number of ether oxygens (including phenoxy) is 2. The molecule has 11 heteroatoms. The van der Waals surface area contributed by atoms with E-state index < -0.39 is 43.1 Å². The van der Waals surface area contributed by atoms with Crippen LogP contribution in [0.3, 0.4) is 0 Å². The van der Waals surface area contributed by atoms with Crippen LogP contribution in [0, 0.1) is 0 Å². The van der Waals surface area contributed by atoms with Crippen LogP contribution in [0.2, 0.25) is 0 Å². The van der Waals surface area contributed by atoms with Crippen LogP contribution < -0.4 is 10.2 Å². The van der Waals surface area contributed by atoms with Crippen LogP contribution in [0.15, 0.2) is 18.2 Å². The summed E-state index contributed by atoms with van der Waals surface area (Å²) in [4.78, 5) is 53.6. The van der Waals surface area contributed by atoms with Gasteiger partial charge in [-0.15, -0.1) is 0 Å². The number of anilines is 1. The summed E-state index contributed by atoms with van der Waals surface area (Å²) >= 11 is 0. The van der Waals surface area contributed by atoms with Crippen LogP contribution in [0.5, 0.6) is 5.75 Å². The first-order chi connectivity index (χ1) is 11.8. The maximum Gasteiger partial charge on any atom is 0.329 e. The third-order valence-electron chi connectivity index (χ3n) is 2.78. The number of carbonyl (C=O) groups excluding carboxylic acids is 2. The Labute approximate surface area is 140 Å². The first-order valence-electron chi connectivity index (χ1n) is 6.85. The minimum absolute atomic E-state index is 0.250. The fourth-order valence-electron chi connectivity index (χ4n) is 1.79. The van der Waals surface area contributed by atoms with Crippen molar-refractivity contribution in [1.82, 2.24) is 0 Å². The summed E-state index contributed by atoms with van der Waals surface area (Å²) in [5.74, 6) is -4.87. The number of carboxylic acids is 2. The van der Waals surface area contributed by atoms with Crippen LogP contribution in [-0.2, 0) is 40.1 Å². The number of hydrogen-bond acceptors (Lipinski definition) is 9. The quantitative estimate of drug-likeness (QED) is 0.254. The highest BCUT2D eigenvalue weighted by molar-refractivity contribution is 5.91. The number of aliphatic carboxylic acids is 2. The molecule has 0 radical (unpaired) electrons. The van der Waals surface area contributed by atoms with Gasteiger partial charge in [0.15, 0.2) is 5.75 Å². The summed E-state index contributed by atoms with van der Waals surface area (Å²) in [7, 11) is 0. The number of hydrogen-bond donors (Lipinski definition) is 3. The summed E-state index contributed by atoms with van der Waals surface area (Å²) in [6, 6.07) is 4.64. The Balaban J connectivity index is 2.06. The average molecular weight is 355 g/mol. The minimum atomic E-state index is -1.72. The summed E-state index contributed by atoms with van der Waals surface area (Å²) in [6.45, 7) is 0.250. The lowest BCUT2D eigenvalue weighted by atomic mass is 10.2. The Morgan fingerprint density at radius 1 is 1.08 bits per heavy atom. The molecule has 0 saturated heterocycles. The van der Waals surface area contributed by atoms with Gasteiger partial charge in [0.1, 0.15) is 19.4 Å². The zero-order valence-corrected chi connectivity index (χ0v) is 12.6.